The number of rotatable bonds is 2. The normalized spacial score (nSPS) is 31.1. The number of nitrogens with one attached hydrogen (secondary N) is 1. The van der Waals surface area contributed by atoms with Crippen molar-refractivity contribution in [2.75, 3.05) is 13.1 Å². The summed E-state index contributed by atoms with van der Waals surface area (Å²) >= 11 is 0. The summed E-state index contributed by atoms with van der Waals surface area (Å²) in [5, 5.41) is 12.1. The predicted molar refractivity (Wildman–Crippen MR) is 65.2 cm³/mol. The van der Waals surface area contributed by atoms with E-state index in [0.717, 1.165) is 32.4 Å². The Bertz CT molecular complexity index is 315. The molecule has 2 atom stereocenters. The van der Waals surface area contributed by atoms with E-state index in [1.165, 1.54) is 12.8 Å². The SMILES string of the molecule is CC(=O)NC1CCN(C2CCCC2C#N)CC1. The van der Waals surface area contributed by atoms with Gasteiger partial charge in [0.15, 0.2) is 0 Å². The summed E-state index contributed by atoms with van der Waals surface area (Å²) in [6, 6.07) is 3.25. The second-order valence-corrected chi connectivity index (χ2v) is 5.24. The van der Waals surface area contributed by atoms with Crippen LogP contribution in [0.5, 0.6) is 0 Å². The van der Waals surface area contributed by atoms with Crippen LogP contribution in [0.1, 0.15) is 39.0 Å². The summed E-state index contributed by atoms with van der Waals surface area (Å²) in [5.74, 6) is 0.298. The molecule has 4 nitrogen and oxygen atoms in total. The van der Waals surface area contributed by atoms with Gasteiger partial charge in [0.2, 0.25) is 5.91 Å². The number of amides is 1. The summed E-state index contributed by atoms with van der Waals surface area (Å²) in [6.07, 6.45) is 5.47. The first-order valence-corrected chi connectivity index (χ1v) is 6.61. The lowest BCUT2D eigenvalue weighted by atomic mass is 9.98. The Balaban J connectivity index is 1.83. The van der Waals surface area contributed by atoms with Crippen LogP contribution in [-0.4, -0.2) is 36.0 Å². The van der Waals surface area contributed by atoms with E-state index in [1.807, 2.05) is 0 Å². The Labute approximate surface area is 103 Å². The van der Waals surface area contributed by atoms with Crippen LogP contribution in [0.3, 0.4) is 0 Å². The molecule has 1 aliphatic carbocycles. The number of nitriles is 1. The summed E-state index contributed by atoms with van der Waals surface area (Å²) in [5.41, 5.74) is 0. The summed E-state index contributed by atoms with van der Waals surface area (Å²) in [6.45, 7) is 3.62. The van der Waals surface area contributed by atoms with Gasteiger partial charge in [0.1, 0.15) is 0 Å². The first-order chi connectivity index (χ1) is 8.20. The van der Waals surface area contributed by atoms with Crippen molar-refractivity contribution in [3.63, 3.8) is 0 Å². The summed E-state index contributed by atoms with van der Waals surface area (Å²) in [7, 11) is 0. The first kappa shape index (κ1) is 12.4. The minimum absolute atomic E-state index is 0.0687. The first-order valence-electron chi connectivity index (χ1n) is 6.61. The third-order valence-electron chi connectivity index (χ3n) is 4.05. The van der Waals surface area contributed by atoms with Gasteiger partial charge >= 0.3 is 0 Å². The third kappa shape index (κ3) is 2.98. The molecule has 0 radical (unpaired) electrons. The van der Waals surface area contributed by atoms with Crippen LogP contribution in [0.15, 0.2) is 0 Å². The molecule has 4 heteroatoms. The van der Waals surface area contributed by atoms with Crippen LogP contribution < -0.4 is 5.32 Å². The van der Waals surface area contributed by atoms with Crippen molar-refractivity contribution in [3.05, 3.63) is 0 Å². The van der Waals surface area contributed by atoms with E-state index in [-0.39, 0.29) is 11.8 Å². The lowest BCUT2D eigenvalue weighted by Gasteiger charge is -2.37. The van der Waals surface area contributed by atoms with Gasteiger partial charge in [0, 0.05) is 32.1 Å². The van der Waals surface area contributed by atoms with Gasteiger partial charge in [-0.1, -0.05) is 6.42 Å². The number of carbonyl (C=O) groups is 1. The molecular formula is C13H21N3O. The molecule has 2 fully saturated rings. The predicted octanol–water partition coefficient (Wildman–Crippen LogP) is 1.28. The monoisotopic (exact) mass is 235 g/mol. The molecule has 1 amide bonds. The fraction of sp³-hybridized carbons (Fsp3) is 0.846. The zero-order valence-electron chi connectivity index (χ0n) is 10.5. The van der Waals surface area contributed by atoms with Gasteiger partial charge in [0.25, 0.3) is 0 Å². The van der Waals surface area contributed by atoms with Crippen molar-refractivity contribution in [2.24, 2.45) is 5.92 Å². The van der Waals surface area contributed by atoms with Crippen LogP contribution >= 0.6 is 0 Å². The van der Waals surface area contributed by atoms with E-state index in [2.05, 4.69) is 16.3 Å². The van der Waals surface area contributed by atoms with Crippen LogP contribution in [0.25, 0.3) is 0 Å². The molecule has 0 spiro atoms. The average molecular weight is 235 g/mol. The van der Waals surface area contributed by atoms with Crippen LogP contribution in [-0.2, 0) is 4.79 Å². The van der Waals surface area contributed by atoms with Gasteiger partial charge in [-0.05, 0) is 25.7 Å². The van der Waals surface area contributed by atoms with Crippen molar-refractivity contribution < 1.29 is 4.79 Å². The minimum Gasteiger partial charge on any atom is -0.354 e. The highest BCUT2D eigenvalue weighted by Gasteiger charge is 2.34. The molecule has 1 saturated heterocycles. The second-order valence-electron chi connectivity index (χ2n) is 5.24. The number of nitrogens with zero attached hydrogens (tertiary/aromatic N) is 2. The van der Waals surface area contributed by atoms with Crippen molar-refractivity contribution >= 4 is 5.91 Å². The van der Waals surface area contributed by atoms with E-state index in [1.54, 1.807) is 6.92 Å². The number of hydrogen-bond acceptors (Lipinski definition) is 3. The Morgan fingerprint density at radius 2 is 2.00 bits per heavy atom. The van der Waals surface area contributed by atoms with Crippen molar-refractivity contribution in [2.45, 2.75) is 51.1 Å². The quantitative estimate of drug-likeness (QED) is 0.784. The molecule has 17 heavy (non-hydrogen) atoms. The van der Waals surface area contributed by atoms with Gasteiger partial charge in [-0.3, -0.25) is 9.69 Å². The molecule has 2 unspecified atom stereocenters. The molecule has 1 aliphatic heterocycles. The van der Waals surface area contributed by atoms with Crippen molar-refractivity contribution in [1.82, 2.24) is 10.2 Å². The van der Waals surface area contributed by atoms with Crippen molar-refractivity contribution in [1.29, 1.82) is 5.26 Å². The second kappa shape index (κ2) is 5.50. The molecule has 2 rings (SSSR count). The highest BCUT2D eigenvalue weighted by atomic mass is 16.1. The zero-order chi connectivity index (χ0) is 12.3. The highest BCUT2D eigenvalue weighted by Crippen LogP contribution is 2.31. The number of carbonyl (C=O) groups excluding carboxylic acids is 1. The Morgan fingerprint density at radius 1 is 1.29 bits per heavy atom. The zero-order valence-corrected chi connectivity index (χ0v) is 10.5. The smallest absolute Gasteiger partial charge is 0.217 e. The molecule has 0 aromatic rings. The van der Waals surface area contributed by atoms with E-state index >= 15 is 0 Å². The molecule has 2 aliphatic rings. The van der Waals surface area contributed by atoms with E-state index in [4.69, 9.17) is 5.26 Å². The lowest BCUT2D eigenvalue weighted by Crippen LogP contribution is -2.48. The average Bonchev–Trinajstić information content (AvgIpc) is 2.77. The van der Waals surface area contributed by atoms with Crippen LogP contribution in [0, 0.1) is 17.2 Å². The third-order valence-corrected chi connectivity index (χ3v) is 4.05. The van der Waals surface area contributed by atoms with Gasteiger partial charge in [-0.2, -0.15) is 5.26 Å². The van der Waals surface area contributed by atoms with E-state index in [9.17, 15) is 4.79 Å². The minimum atomic E-state index is 0.0687. The largest absolute Gasteiger partial charge is 0.354 e. The molecule has 1 heterocycles. The van der Waals surface area contributed by atoms with Crippen LogP contribution in [0.2, 0.25) is 0 Å². The maximum atomic E-state index is 11.0. The molecule has 0 bridgehead atoms. The maximum absolute atomic E-state index is 11.0. The standard InChI is InChI=1S/C13H21N3O/c1-10(17)15-12-5-7-16(8-6-12)13-4-2-3-11(13)9-14/h11-13H,2-8H2,1H3,(H,15,17). The summed E-state index contributed by atoms with van der Waals surface area (Å²) in [4.78, 5) is 13.4. The Morgan fingerprint density at radius 3 is 2.59 bits per heavy atom. The van der Waals surface area contributed by atoms with E-state index < -0.39 is 0 Å². The highest BCUT2D eigenvalue weighted by molar-refractivity contribution is 5.73. The lowest BCUT2D eigenvalue weighted by molar-refractivity contribution is -0.120. The Kier molecular flexibility index (Phi) is 4.01. The van der Waals surface area contributed by atoms with Gasteiger partial charge in [0.05, 0.1) is 12.0 Å². The molecule has 0 aromatic carbocycles. The number of hydrogen-bond donors (Lipinski definition) is 1. The maximum Gasteiger partial charge on any atom is 0.217 e. The summed E-state index contributed by atoms with van der Waals surface area (Å²) < 4.78 is 0. The van der Waals surface area contributed by atoms with Gasteiger partial charge in [-0.25, -0.2) is 0 Å². The molecule has 1 N–H and O–H groups in total. The van der Waals surface area contributed by atoms with Gasteiger partial charge in [-0.15, -0.1) is 0 Å². The van der Waals surface area contributed by atoms with Gasteiger partial charge < -0.3 is 5.32 Å². The van der Waals surface area contributed by atoms with Crippen molar-refractivity contribution in [3.8, 4) is 6.07 Å². The molecule has 94 valence electrons. The van der Waals surface area contributed by atoms with E-state index in [0.29, 0.717) is 12.1 Å². The Hall–Kier alpha value is -1.08. The number of piperidine rings is 1. The molecular weight excluding hydrogens is 214 g/mol. The molecule has 0 aromatic heterocycles. The molecule has 1 saturated carbocycles. The fourth-order valence-electron chi connectivity index (χ4n) is 3.19. The van der Waals surface area contributed by atoms with Crippen LogP contribution in [0.4, 0.5) is 0 Å². The fourth-order valence-corrected chi connectivity index (χ4v) is 3.19. The topological polar surface area (TPSA) is 56.1 Å². The number of likely N-dealkylation sites (tertiary alicyclic amines) is 1.